The fourth-order valence-electron chi connectivity index (χ4n) is 4.64. The lowest BCUT2D eigenvalue weighted by Gasteiger charge is -2.29. The highest BCUT2D eigenvalue weighted by atomic mass is 35.5. The molecule has 37 heavy (non-hydrogen) atoms. The molecule has 0 radical (unpaired) electrons. The van der Waals surface area contributed by atoms with E-state index in [1.54, 1.807) is 38.1 Å². The van der Waals surface area contributed by atoms with E-state index in [2.05, 4.69) is 0 Å². The number of rotatable bonds is 6. The van der Waals surface area contributed by atoms with Crippen molar-refractivity contribution in [1.29, 1.82) is 5.26 Å². The van der Waals surface area contributed by atoms with Crippen LogP contribution >= 0.6 is 11.6 Å². The summed E-state index contributed by atoms with van der Waals surface area (Å²) in [5, 5.41) is 9.43. The molecule has 1 atom stereocenters. The number of carbonyl (C=O) groups excluding carboxylic acids is 2. The molecule has 9 heteroatoms. The summed E-state index contributed by atoms with van der Waals surface area (Å²) in [6.07, 6.45) is -0.314. The molecular weight excluding hydrogens is 510 g/mol. The van der Waals surface area contributed by atoms with Crippen LogP contribution in [0.15, 0.2) is 59.5 Å². The molecule has 0 aliphatic carbocycles. The SMILES string of the molecule is Cc1cc(C)c(C)c(S(=O)(=O)N(Cc2ccccc2Cl)C2CC(=O)N(c3ccc(C#N)cc3)C2=O)c1C. The van der Waals surface area contributed by atoms with E-state index in [1.807, 2.05) is 26.0 Å². The topological polar surface area (TPSA) is 98.6 Å². The molecule has 1 fully saturated rings. The zero-order valence-corrected chi connectivity index (χ0v) is 22.5. The molecule has 3 aromatic carbocycles. The number of anilines is 1. The van der Waals surface area contributed by atoms with E-state index in [9.17, 15) is 18.0 Å². The second-order valence-corrected chi connectivity index (χ2v) is 11.4. The predicted octanol–water partition coefficient (Wildman–Crippen LogP) is 4.97. The smallest absolute Gasteiger partial charge is 0.252 e. The van der Waals surface area contributed by atoms with E-state index >= 15 is 0 Å². The molecular formula is C28H26ClN3O4S. The van der Waals surface area contributed by atoms with Crippen molar-refractivity contribution in [2.45, 2.75) is 51.6 Å². The van der Waals surface area contributed by atoms with Crippen molar-refractivity contribution in [3.8, 4) is 6.07 Å². The summed E-state index contributed by atoms with van der Waals surface area (Å²) in [4.78, 5) is 27.9. The predicted molar refractivity (Wildman–Crippen MR) is 142 cm³/mol. The normalized spacial score (nSPS) is 15.9. The molecule has 0 N–H and O–H groups in total. The van der Waals surface area contributed by atoms with E-state index in [0.29, 0.717) is 27.3 Å². The largest absolute Gasteiger partial charge is 0.274 e. The lowest BCUT2D eigenvalue weighted by molar-refractivity contribution is -0.122. The first-order valence-electron chi connectivity index (χ1n) is 11.7. The Morgan fingerprint density at radius 3 is 2.16 bits per heavy atom. The van der Waals surface area contributed by atoms with Crippen LogP contribution in [0.25, 0.3) is 0 Å². The fraction of sp³-hybridized carbons (Fsp3) is 0.250. The van der Waals surface area contributed by atoms with Gasteiger partial charge in [-0.05, 0) is 85.8 Å². The van der Waals surface area contributed by atoms with Gasteiger partial charge in [0.1, 0.15) is 6.04 Å². The molecule has 1 heterocycles. The number of amides is 2. The summed E-state index contributed by atoms with van der Waals surface area (Å²) >= 11 is 6.39. The molecule has 1 aliphatic rings. The average molecular weight is 536 g/mol. The van der Waals surface area contributed by atoms with Gasteiger partial charge < -0.3 is 0 Å². The van der Waals surface area contributed by atoms with Crippen LogP contribution in [0, 0.1) is 39.0 Å². The lowest BCUT2D eigenvalue weighted by Crippen LogP contribution is -2.45. The average Bonchev–Trinajstić information content (AvgIpc) is 3.15. The molecule has 4 rings (SSSR count). The number of benzene rings is 3. The minimum Gasteiger partial charge on any atom is -0.274 e. The van der Waals surface area contributed by atoms with Crippen molar-refractivity contribution >= 4 is 39.1 Å². The van der Waals surface area contributed by atoms with Crippen LogP contribution in [-0.2, 0) is 26.2 Å². The molecule has 0 saturated carbocycles. The molecule has 190 valence electrons. The first kappa shape index (κ1) is 26.6. The first-order valence-corrected chi connectivity index (χ1v) is 13.5. The fourth-order valence-corrected chi connectivity index (χ4v) is 6.97. The lowest BCUT2D eigenvalue weighted by atomic mass is 10.0. The number of nitrogens with zero attached hydrogens (tertiary/aromatic N) is 3. The van der Waals surface area contributed by atoms with Crippen LogP contribution in [0.1, 0.15) is 39.8 Å². The highest BCUT2D eigenvalue weighted by Gasteiger charge is 2.47. The van der Waals surface area contributed by atoms with Gasteiger partial charge in [0.2, 0.25) is 15.9 Å². The van der Waals surface area contributed by atoms with Crippen LogP contribution in [0.3, 0.4) is 0 Å². The molecule has 3 aromatic rings. The van der Waals surface area contributed by atoms with Crippen molar-refractivity contribution in [3.05, 3.63) is 93.0 Å². The van der Waals surface area contributed by atoms with Crippen LogP contribution in [0.5, 0.6) is 0 Å². The Morgan fingerprint density at radius 2 is 1.59 bits per heavy atom. The van der Waals surface area contributed by atoms with Crippen LogP contribution in [0.2, 0.25) is 5.02 Å². The van der Waals surface area contributed by atoms with Gasteiger partial charge in [-0.15, -0.1) is 0 Å². The maximum atomic E-state index is 14.3. The van der Waals surface area contributed by atoms with Gasteiger partial charge in [0.25, 0.3) is 5.91 Å². The molecule has 0 spiro atoms. The Hall–Kier alpha value is -3.51. The maximum Gasteiger partial charge on any atom is 0.252 e. The number of nitriles is 1. The number of sulfonamides is 1. The molecule has 0 aromatic heterocycles. The van der Waals surface area contributed by atoms with E-state index in [0.717, 1.165) is 20.3 Å². The van der Waals surface area contributed by atoms with Crippen LogP contribution < -0.4 is 4.90 Å². The van der Waals surface area contributed by atoms with E-state index < -0.39 is 27.9 Å². The van der Waals surface area contributed by atoms with Crippen molar-refractivity contribution in [1.82, 2.24) is 4.31 Å². The summed E-state index contributed by atoms with van der Waals surface area (Å²) in [6.45, 7) is 6.99. The highest BCUT2D eigenvalue weighted by molar-refractivity contribution is 7.89. The maximum absolute atomic E-state index is 14.3. The Balaban J connectivity index is 1.85. The first-order chi connectivity index (χ1) is 17.5. The van der Waals surface area contributed by atoms with Crippen molar-refractivity contribution < 1.29 is 18.0 Å². The van der Waals surface area contributed by atoms with Gasteiger partial charge in [-0.2, -0.15) is 9.57 Å². The number of hydrogen-bond acceptors (Lipinski definition) is 5. The van der Waals surface area contributed by atoms with E-state index in [1.165, 1.54) is 24.3 Å². The van der Waals surface area contributed by atoms with Gasteiger partial charge in [0.15, 0.2) is 0 Å². The van der Waals surface area contributed by atoms with Crippen LogP contribution in [0.4, 0.5) is 5.69 Å². The van der Waals surface area contributed by atoms with Gasteiger partial charge in [-0.25, -0.2) is 13.3 Å². The standard InChI is InChI=1S/C28H26ClN3O4S/c1-17-13-18(2)20(4)27(19(17)3)37(35,36)31(16-22-7-5-6-8-24(22)29)25-14-26(33)32(28(25)34)23-11-9-21(15-30)10-12-23/h5-13,25H,14,16H2,1-4H3. The Labute approximate surface area is 221 Å². The number of aryl methyl sites for hydroxylation is 2. The summed E-state index contributed by atoms with van der Waals surface area (Å²) < 4.78 is 29.8. The summed E-state index contributed by atoms with van der Waals surface area (Å²) in [5.74, 6) is -1.17. The zero-order chi connectivity index (χ0) is 27.1. The summed E-state index contributed by atoms with van der Waals surface area (Å²) in [6, 6.07) is 15.5. The summed E-state index contributed by atoms with van der Waals surface area (Å²) in [5.41, 5.74) is 3.98. The number of hydrogen-bond donors (Lipinski definition) is 0. The Morgan fingerprint density at radius 1 is 1.00 bits per heavy atom. The van der Waals surface area contributed by atoms with Gasteiger partial charge in [0, 0.05) is 11.6 Å². The van der Waals surface area contributed by atoms with E-state index in [4.69, 9.17) is 16.9 Å². The third-order valence-electron chi connectivity index (χ3n) is 6.87. The van der Waals surface area contributed by atoms with Gasteiger partial charge in [-0.1, -0.05) is 35.9 Å². The van der Waals surface area contributed by atoms with Crippen molar-refractivity contribution in [2.24, 2.45) is 0 Å². The number of carbonyl (C=O) groups is 2. The quantitative estimate of drug-likeness (QED) is 0.415. The minimum atomic E-state index is -4.25. The molecule has 1 aliphatic heterocycles. The van der Waals surface area contributed by atoms with Gasteiger partial charge >= 0.3 is 0 Å². The third kappa shape index (κ3) is 4.78. The van der Waals surface area contributed by atoms with Crippen LogP contribution in [-0.4, -0.2) is 30.6 Å². The highest BCUT2D eigenvalue weighted by Crippen LogP contribution is 2.35. The summed E-state index contributed by atoms with van der Waals surface area (Å²) in [7, 11) is -4.25. The molecule has 0 bridgehead atoms. The molecule has 2 amide bonds. The van der Waals surface area contributed by atoms with Crippen molar-refractivity contribution in [2.75, 3.05) is 4.90 Å². The Bertz CT molecular complexity index is 1530. The van der Waals surface area contributed by atoms with Crippen molar-refractivity contribution in [3.63, 3.8) is 0 Å². The zero-order valence-electron chi connectivity index (χ0n) is 20.9. The number of halogens is 1. The monoisotopic (exact) mass is 535 g/mol. The molecule has 7 nitrogen and oxygen atoms in total. The molecule has 1 unspecified atom stereocenters. The number of imide groups is 1. The van der Waals surface area contributed by atoms with E-state index in [-0.39, 0.29) is 23.5 Å². The Kier molecular flexibility index (Phi) is 7.24. The van der Waals surface area contributed by atoms with Gasteiger partial charge in [-0.3, -0.25) is 9.59 Å². The minimum absolute atomic E-state index is 0.133. The van der Waals surface area contributed by atoms with Gasteiger partial charge in [0.05, 0.1) is 28.6 Å². The second-order valence-electron chi connectivity index (χ2n) is 9.18. The third-order valence-corrected chi connectivity index (χ3v) is 9.37. The molecule has 1 saturated heterocycles. The second kappa shape index (κ2) is 10.1.